The van der Waals surface area contributed by atoms with Crippen LogP contribution in [-0.4, -0.2) is 25.8 Å². The van der Waals surface area contributed by atoms with Crippen LogP contribution in [0, 0.1) is 0 Å². The van der Waals surface area contributed by atoms with E-state index in [1.54, 1.807) is 0 Å². The number of aryl methyl sites for hydroxylation is 1. The van der Waals surface area contributed by atoms with Gasteiger partial charge in [0.15, 0.2) is 0 Å². The third-order valence-corrected chi connectivity index (χ3v) is 3.27. The van der Waals surface area contributed by atoms with Crippen molar-refractivity contribution in [3.8, 4) is 0 Å². The smallest absolute Gasteiger partial charge is 0.0480 e. The Morgan fingerprint density at radius 1 is 1.00 bits per heavy atom. The van der Waals surface area contributed by atoms with Gasteiger partial charge in [0, 0.05) is 19.3 Å². The maximum atomic E-state index is 5.61. The van der Waals surface area contributed by atoms with Crippen molar-refractivity contribution in [2.45, 2.75) is 52.0 Å². The molecule has 0 aliphatic carbocycles. The number of benzene rings is 1. The Morgan fingerprint density at radius 2 is 1.79 bits per heavy atom. The van der Waals surface area contributed by atoms with Crippen LogP contribution in [0.2, 0.25) is 0 Å². The lowest BCUT2D eigenvalue weighted by atomic mass is 10.0. The first-order valence-electron chi connectivity index (χ1n) is 7.71. The lowest BCUT2D eigenvalue weighted by Gasteiger charge is -2.18. The summed E-state index contributed by atoms with van der Waals surface area (Å²) >= 11 is 0. The van der Waals surface area contributed by atoms with E-state index in [4.69, 9.17) is 4.74 Å². The van der Waals surface area contributed by atoms with E-state index in [9.17, 15) is 0 Å². The SMILES string of the molecule is CCCNC(CCOCCC)CCc1ccccc1. The zero-order valence-electron chi connectivity index (χ0n) is 12.5. The van der Waals surface area contributed by atoms with Gasteiger partial charge in [-0.05, 0) is 44.2 Å². The van der Waals surface area contributed by atoms with Crippen molar-refractivity contribution in [3.63, 3.8) is 0 Å². The summed E-state index contributed by atoms with van der Waals surface area (Å²) in [4.78, 5) is 0. The fourth-order valence-electron chi connectivity index (χ4n) is 2.15. The van der Waals surface area contributed by atoms with Crippen LogP contribution in [0.15, 0.2) is 30.3 Å². The van der Waals surface area contributed by atoms with Crippen LogP contribution < -0.4 is 5.32 Å². The van der Waals surface area contributed by atoms with Gasteiger partial charge >= 0.3 is 0 Å². The summed E-state index contributed by atoms with van der Waals surface area (Å²) in [6.45, 7) is 7.24. The molecule has 0 saturated carbocycles. The molecule has 0 spiro atoms. The fourth-order valence-corrected chi connectivity index (χ4v) is 2.15. The quantitative estimate of drug-likeness (QED) is 0.613. The van der Waals surface area contributed by atoms with Crippen LogP contribution in [0.1, 0.15) is 45.1 Å². The van der Waals surface area contributed by atoms with Crippen molar-refractivity contribution in [1.29, 1.82) is 0 Å². The van der Waals surface area contributed by atoms with Crippen LogP contribution in [-0.2, 0) is 11.2 Å². The maximum Gasteiger partial charge on any atom is 0.0480 e. The number of hydrogen-bond acceptors (Lipinski definition) is 2. The van der Waals surface area contributed by atoms with Gasteiger partial charge in [-0.25, -0.2) is 0 Å². The van der Waals surface area contributed by atoms with Crippen LogP contribution in [0.5, 0.6) is 0 Å². The Labute approximate surface area is 118 Å². The average molecular weight is 263 g/mol. The zero-order chi connectivity index (χ0) is 13.8. The second-order valence-corrected chi connectivity index (χ2v) is 5.08. The highest BCUT2D eigenvalue weighted by Gasteiger charge is 2.07. The van der Waals surface area contributed by atoms with Gasteiger partial charge in [0.1, 0.15) is 0 Å². The Morgan fingerprint density at radius 3 is 2.47 bits per heavy atom. The van der Waals surface area contributed by atoms with E-state index in [0.29, 0.717) is 6.04 Å². The summed E-state index contributed by atoms with van der Waals surface area (Å²) in [5, 5.41) is 3.64. The Balaban J connectivity index is 2.27. The molecule has 0 aliphatic heterocycles. The molecule has 0 fully saturated rings. The van der Waals surface area contributed by atoms with Gasteiger partial charge in [-0.1, -0.05) is 44.2 Å². The van der Waals surface area contributed by atoms with Crippen LogP contribution >= 0.6 is 0 Å². The summed E-state index contributed by atoms with van der Waals surface area (Å²) in [5.74, 6) is 0. The number of hydrogen-bond donors (Lipinski definition) is 1. The van der Waals surface area contributed by atoms with Gasteiger partial charge in [-0.2, -0.15) is 0 Å². The standard InChI is InChI=1S/C17H29NO/c1-3-13-18-17(12-15-19-14-4-2)11-10-16-8-6-5-7-9-16/h5-9,17-18H,3-4,10-15H2,1-2H3. The maximum absolute atomic E-state index is 5.61. The first-order chi connectivity index (χ1) is 9.36. The predicted molar refractivity (Wildman–Crippen MR) is 82.6 cm³/mol. The molecule has 1 aromatic rings. The van der Waals surface area contributed by atoms with Crippen LogP contribution in [0.4, 0.5) is 0 Å². The highest BCUT2D eigenvalue weighted by Crippen LogP contribution is 2.08. The molecule has 19 heavy (non-hydrogen) atoms. The minimum atomic E-state index is 0.581. The molecule has 1 rings (SSSR count). The molecule has 1 atom stereocenters. The molecular weight excluding hydrogens is 234 g/mol. The van der Waals surface area contributed by atoms with Gasteiger partial charge in [0.25, 0.3) is 0 Å². The molecule has 108 valence electrons. The fraction of sp³-hybridized carbons (Fsp3) is 0.647. The lowest BCUT2D eigenvalue weighted by molar-refractivity contribution is 0.123. The van der Waals surface area contributed by atoms with E-state index in [-0.39, 0.29) is 0 Å². The van der Waals surface area contributed by atoms with E-state index in [1.165, 1.54) is 18.4 Å². The molecular formula is C17H29NO. The second kappa shape index (κ2) is 11.0. The Bertz CT molecular complexity index is 299. The van der Waals surface area contributed by atoms with Crippen LogP contribution in [0.25, 0.3) is 0 Å². The zero-order valence-corrected chi connectivity index (χ0v) is 12.5. The van der Waals surface area contributed by atoms with Gasteiger partial charge < -0.3 is 10.1 Å². The van der Waals surface area contributed by atoms with E-state index >= 15 is 0 Å². The van der Waals surface area contributed by atoms with Crippen LogP contribution in [0.3, 0.4) is 0 Å². The third kappa shape index (κ3) is 8.02. The van der Waals surface area contributed by atoms with Crippen molar-refractivity contribution >= 4 is 0 Å². The van der Waals surface area contributed by atoms with Gasteiger partial charge in [0.2, 0.25) is 0 Å². The van der Waals surface area contributed by atoms with Crippen molar-refractivity contribution in [1.82, 2.24) is 5.32 Å². The molecule has 0 bridgehead atoms. The first kappa shape index (κ1) is 16.2. The van der Waals surface area contributed by atoms with E-state index in [2.05, 4.69) is 49.5 Å². The largest absolute Gasteiger partial charge is 0.381 e. The third-order valence-electron chi connectivity index (χ3n) is 3.27. The molecule has 2 nitrogen and oxygen atoms in total. The molecule has 1 aromatic carbocycles. The van der Waals surface area contributed by atoms with Gasteiger partial charge in [-0.3, -0.25) is 0 Å². The molecule has 2 heteroatoms. The topological polar surface area (TPSA) is 21.3 Å². The first-order valence-corrected chi connectivity index (χ1v) is 7.71. The average Bonchev–Trinajstić information content (AvgIpc) is 2.46. The van der Waals surface area contributed by atoms with Gasteiger partial charge in [0.05, 0.1) is 0 Å². The Hall–Kier alpha value is -0.860. The highest BCUT2D eigenvalue weighted by molar-refractivity contribution is 5.14. The highest BCUT2D eigenvalue weighted by atomic mass is 16.5. The predicted octanol–water partition coefficient (Wildman–Crippen LogP) is 3.80. The Kier molecular flexibility index (Phi) is 9.38. The summed E-state index contributed by atoms with van der Waals surface area (Å²) in [6.07, 6.45) is 5.76. The summed E-state index contributed by atoms with van der Waals surface area (Å²) in [5.41, 5.74) is 1.43. The monoisotopic (exact) mass is 263 g/mol. The number of rotatable bonds is 11. The molecule has 0 amide bonds. The van der Waals surface area contributed by atoms with E-state index < -0.39 is 0 Å². The number of nitrogens with one attached hydrogen (secondary N) is 1. The summed E-state index contributed by atoms with van der Waals surface area (Å²) in [6, 6.07) is 11.3. The number of ether oxygens (including phenoxy) is 1. The van der Waals surface area contributed by atoms with E-state index in [1.807, 2.05) is 0 Å². The molecule has 0 aliphatic rings. The normalized spacial score (nSPS) is 12.5. The molecule has 0 radical (unpaired) electrons. The minimum Gasteiger partial charge on any atom is -0.381 e. The van der Waals surface area contributed by atoms with Crippen molar-refractivity contribution in [2.75, 3.05) is 19.8 Å². The molecule has 0 saturated heterocycles. The minimum absolute atomic E-state index is 0.581. The van der Waals surface area contributed by atoms with Crippen molar-refractivity contribution < 1.29 is 4.74 Å². The second-order valence-electron chi connectivity index (χ2n) is 5.08. The molecule has 1 unspecified atom stereocenters. The summed E-state index contributed by atoms with van der Waals surface area (Å²) in [7, 11) is 0. The summed E-state index contributed by atoms with van der Waals surface area (Å²) < 4.78 is 5.61. The molecule has 0 aromatic heterocycles. The van der Waals surface area contributed by atoms with Gasteiger partial charge in [-0.15, -0.1) is 0 Å². The molecule has 1 N–H and O–H groups in total. The van der Waals surface area contributed by atoms with Crippen molar-refractivity contribution in [3.05, 3.63) is 35.9 Å². The van der Waals surface area contributed by atoms with E-state index in [0.717, 1.165) is 39.0 Å². The van der Waals surface area contributed by atoms with Crippen molar-refractivity contribution in [2.24, 2.45) is 0 Å². The molecule has 0 heterocycles. The lowest BCUT2D eigenvalue weighted by Crippen LogP contribution is -2.31.